The van der Waals surface area contributed by atoms with E-state index in [4.69, 9.17) is 4.74 Å². The molecule has 2 aliphatic heterocycles. The fraction of sp³-hybridized carbons (Fsp3) is 0.632. The quantitative estimate of drug-likeness (QED) is 0.803. The van der Waals surface area contributed by atoms with Gasteiger partial charge in [-0.2, -0.15) is 4.31 Å². The molecule has 2 fully saturated rings. The van der Waals surface area contributed by atoms with E-state index in [-0.39, 0.29) is 10.8 Å². The molecule has 0 bridgehead atoms. The van der Waals surface area contributed by atoms with Gasteiger partial charge in [0.2, 0.25) is 10.0 Å². The van der Waals surface area contributed by atoms with Gasteiger partial charge in [0.1, 0.15) is 0 Å². The number of hydrogen-bond donors (Lipinski definition) is 0. The Morgan fingerprint density at radius 2 is 1.81 bits per heavy atom. The maximum Gasteiger partial charge on any atom is 0.253 e. The molecule has 1 aromatic carbocycles. The van der Waals surface area contributed by atoms with Crippen molar-refractivity contribution in [1.82, 2.24) is 9.21 Å². The first-order valence-electron chi connectivity index (χ1n) is 9.43. The summed E-state index contributed by atoms with van der Waals surface area (Å²) in [4.78, 5) is 15.0. The van der Waals surface area contributed by atoms with Crippen LogP contribution in [0.15, 0.2) is 23.1 Å². The van der Waals surface area contributed by atoms with Gasteiger partial charge in [0.05, 0.1) is 18.1 Å². The lowest BCUT2D eigenvalue weighted by molar-refractivity contribution is 0.0696. The van der Waals surface area contributed by atoms with E-state index in [0.717, 1.165) is 31.5 Å². The fourth-order valence-corrected chi connectivity index (χ4v) is 5.27. The van der Waals surface area contributed by atoms with E-state index in [0.29, 0.717) is 44.2 Å². The zero-order valence-electron chi connectivity index (χ0n) is 15.6. The van der Waals surface area contributed by atoms with Gasteiger partial charge in [0, 0.05) is 31.7 Å². The van der Waals surface area contributed by atoms with Crippen LogP contribution in [-0.4, -0.2) is 62.9 Å². The van der Waals surface area contributed by atoms with Gasteiger partial charge in [-0.05, 0) is 42.9 Å². The van der Waals surface area contributed by atoms with E-state index in [1.807, 2.05) is 11.8 Å². The highest BCUT2D eigenvalue weighted by atomic mass is 32.2. The third-order valence-electron chi connectivity index (χ3n) is 5.35. The molecule has 0 atom stereocenters. The summed E-state index contributed by atoms with van der Waals surface area (Å²) in [5, 5.41) is 0. The van der Waals surface area contributed by atoms with Crippen molar-refractivity contribution in [3.8, 4) is 0 Å². The molecule has 7 heteroatoms. The Kier molecular flexibility index (Phi) is 5.99. The minimum atomic E-state index is -3.62. The zero-order chi connectivity index (χ0) is 18.7. The molecule has 2 aliphatic rings. The maximum atomic E-state index is 13.1. The molecule has 1 aromatic rings. The molecule has 3 rings (SSSR count). The van der Waals surface area contributed by atoms with Gasteiger partial charge in [0.15, 0.2) is 0 Å². The predicted octanol–water partition coefficient (Wildman–Crippen LogP) is 2.14. The minimum Gasteiger partial charge on any atom is -0.379 e. The number of piperidine rings is 1. The maximum absolute atomic E-state index is 13.1. The Morgan fingerprint density at radius 3 is 2.42 bits per heavy atom. The van der Waals surface area contributed by atoms with Gasteiger partial charge in [0.25, 0.3) is 5.91 Å². The Balaban J connectivity index is 1.90. The monoisotopic (exact) mass is 380 g/mol. The van der Waals surface area contributed by atoms with Crippen LogP contribution in [0.25, 0.3) is 0 Å². The molecular formula is C19H28N2O4S. The molecule has 2 saturated heterocycles. The summed E-state index contributed by atoms with van der Waals surface area (Å²) >= 11 is 0. The van der Waals surface area contributed by atoms with Crippen molar-refractivity contribution in [3.05, 3.63) is 29.3 Å². The number of likely N-dealkylation sites (tertiary alicyclic amines) is 1. The van der Waals surface area contributed by atoms with Crippen molar-refractivity contribution in [2.45, 2.75) is 38.0 Å². The van der Waals surface area contributed by atoms with Crippen molar-refractivity contribution < 1.29 is 17.9 Å². The second-order valence-corrected chi connectivity index (χ2v) is 9.07. The number of aryl methyl sites for hydroxylation is 1. The summed E-state index contributed by atoms with van der Waals surface area (Å²) in [5.41, 5.74) is 1.21. The van der Waals surface area contributed by atoms with Crippen LogP contribution < -0.4 is 0 Å². The number of hydrogen-bond acceptors (Lipinski definition) is 4. The average Bonchev–Trinajstić information content (AvgIpc) is 2.68. The van der Waals surface area contributed by atoms with Crippen LogP contribution in [0.5, 0.6) is 0 Å². The molecule has 0 saturated carbocycles. The van der Waals surface area contributed by atoms with Gasteiger partial charge >= 0.3 is 0 Å². The fourth-order valence-electron chi connectivity index (χ4n) is 3.54. The Morgan fingerprint density at radius 1 is 1.15 bits per heavy atom. The highest BCUT2D eigenvalue weighted by Gasteiger charge is 2.30. The van der Waals surface area contributed by atoms with Crippen LogP contribution in [0.4, 0.5) is 0 Å². The van der Waals surface area contributed by atoms with Crippen LogP contribution in [0.3, 0.4) is 0 Å². The van der Waals surface area contributed by atoms with Gasteiger partial charge in [-0.3, -0.25) is 4.79 Å². The van der Waals surface area contributed by atoms with Crippen LogP contribution in [0.1, 0.15) is 42.6 Å². The Hall–Kier alpha value is -1.44. The van der Waals surface area contributed by atoms with Crippen LogP contribution >= 0.6 is 0 Å². The van der Waals surface area contributed by atoms with Crippen molar-refractivity contribution in [1.29, 1.82) is 0 Å². The summed E-state index contributed by atoms with van der Waals surface area (Å²) in [6.45, 7) is 7.13. The number of morpholine rings is 1. The molecule has 144 valence electrons. The second kappa shape index (κ2) is 8.06. The lowest BCUT2D eigenvalue weighted by Crippen LogP contribution is -2.41. The number of carbonyl (C=O) groups excluding carboxylic acids is 1. The van der Waals surface area contributed by atoms with Gasteiger partial charge in [-0.25, -0.2) is 8.42 Å². The first kappa shape index (κ1) is 19.3. The van der Waals surface area contributed by atoms with E-state index < -0.39 is 10.0 Å². The van der Waals surface area contributed by atoms with Crippen molar-refractivity contribution in [2.75, 3.05) is 39.4 Å². The van der Waals surface area contributed by atoms with E-state index in [9.17, 15) is 13.2 Å². The summed E-state index contributed by atoms with van der Waals surface area (Å²) < 4.78 is 32.9. The SMILES string of the molecule is CCc1ccc(C(=O)N2CCC(C)CC2)cc1S(=O)(=O)N1CCOCC1. The summed E-state index contributed by atoms with van der Waals surface area (Å²) in [6, 6.07) is 5.12. The molecule has 1 amide bonds. The highest BCUT2D eigenvalue weighted by Crippen LogP contribution is 2.25. The molecule has 2 heterocycles. The average molecular weight is 381 g/mol. The Labute approximate surface area is 156 Å². The molecule has 0 spiro atoms. The summed E-state index contributed by atoms with van der Waals surface area (Å²) in [5.74, 6) is 0.566. The molecule has 26 heavy (non-hydrogen) atoms. The van der Waals surface area contributed by atoms with E-state index >= 15 is 0 Å². The van der Waals surface area contributed by atoms with Gasteiger partial charge in [-0.15, -0.1) is 0 Å². The standard InChI is InChI=1S/C19H28N2O4S/c1-3-16-4-5-17(19(22)20-8-6-15(2)7-9-20)14-18(16)26(23,24)21-10-12-25-13-11-21/h4-5,14-15H,3,6-13H2,1-2H3. The van der Waals surface area contributed by atoms with Crippen LogP contribution in [-0.2, 0) is 21.2 Å². The molecule has 0 radical (unpaired) electrons. The lowest BCUT2D eigenvalue weighted by atomic mass is 9.98. The number of nitrogens with zero attached hydrogens (tertiary/aromatic N) is 2. The van der Waals surface area contributed by atoms with Gasteiger partial charge in [-0.1, -0.05) is 19.9 Å². The highest BCUT2D eigenvalue weighted by molar-refractivity contribution is 7.89. The summed E-state index contributed by atoms with van der Waals surface area (Å²) in [7, 11) is -3.62. The number of amides is 1. The second-order valence-electron chi connectivity index (χ2n) is 7.17. The first-order valence-corrected chi connectivity index (χ1v) is 10.9. The zero-order valence-corrected chi connectivity index (χ0v) is 16.4. The Bertz CT molecular complexity index is 749. The topological polar surface area (TPSA) is 66.9 Å². The van der Waals surface area contributed by atoms with Crippen molar-refractivity contribution in [2.24, 2.45) is 5.92 Å². The van der Waals surface area contributed by atoms with Crippen molar-refractivity contribution >= 4 is 15.9 Å². The molecule has 0 aromatic heterocycles. The molecular weight excluding hydrogens is 352 g/mol. The lowest BCUT2D eigenvalue weighted by Gasteiger charge is -2.31. The molecule has 6 nitrogen and oxygen atoms in total. The number of benzene rings is 1. The number of rotatable bonds is 4. The van der Waals surface area contributed by atoms with Crippen LogP contribution in [0.2, 0.25) is 0 Å². The van der Waals surface area contributed by atoms with Gasteiger partial charge < -0.3 is 9.64 Å². The molecule has 0 N–H and O–H groups in total. The minimum absolute atomic E-state index is 0.0713. The smallest absolute Gasteiger partial charge is 0.253 e. The number of carbonyl (C=O) groups is 1. The van der Waals surface area contributed by atoms with E-state index in [2.05, 4.69) is 6.92 Å². The third kappa shape index (κ3) is 3.94. The third-order valence-corrected chi connectivity index (χ3v) is 7.33. The number of ether oxygens (including phenoxy) is 1. The summed E-state index contributed by atoms with van der Waals surface area (Å²) in [6.07, 6.45) is 2.60. The van der Waals surface area contributed by atoms with Crippen molar-refractivity contribution in [3.63, 3.8) is 0 Å². The van der Waals surface area contributed by atoms with E-state index in [1.54, 1.807) is 18.2 Å². The predicted molar refractivity (Wildman–Crippen MR) is 99.7 cm³/mol. The van der Waals surface area contributed by atoms with Crippen LogP contribution in [0, 0.1) is 5.92 Å². The largest absolute Gasteiger partial charge is 0.379 e. The normalized spacial score (nSPS) is 20.3. The number of sulfonamides is 1. The molecule has 0 unspecified atom stereocenters. The van der Waals surface area contributed by atoms with E-state index in [1.165, 1.54) is 4.31 Å². The first-order chi connectivity index (χ1) is 12.4. The molecule has 0 aliphatic carbocycles.